The molecule has 2 saturated carbocycles. The van der Waals surface area contributed by atoms with Gasteiger partial charge in [0, 0.05) is 30.5 Å². The molecule has 1 aromatic heterocycles. The van der Waals surface area contributed by atoms with E-state index in [1.54, 1.807) is 6.26 Å². The van der Waals surface area contributed by atoms with Crippen LogP contribution in [0, 0.1) is 11.3 Å². The second kappa shape index (κ2) is 4.33. The van der Waals surface area contributed by atoms with Crippen molar-refractivity contribution in [2.75, 3.05) is 13.2 Å². The first-order valence-corrected chi connectivity index (χ1v) is 7.38. The Morgan fingerprint density at radius 1 is 1.47 bits per heavy atom. The van der Waals surface area contributed by atoms with Crippen LogP contribution in [0.5, 0.6) is 0 Å². The fourth-order valence-electron chi connectivity index (χ4n) is 4.38. The second-order valence-corrected chi connectivity index (χ2v) is 6.25. The number of aliphatic hydroxyl groups is 1. The van der Waals surface area contributed by atoms with Gasteiger partial charge in [0.2, 0.25) is 0 Å². The van der Waals surface area contributed by atoms with Gasteiger partial charge in [0.25, 0.3) is 0 Å². The number of hydrogen-bond donors (Lipinski definition) is 2. The van der Waals surface area contributed by atoms with Crippen LogP contribution in [0.15, 0.2) is 22.8 Å². The van der Waals surface area contributed by atoms with Gasteiger partial charge in [-0.2, -0.15) is 0 Å². The molecular formula is C15H21NO3. The van der Waals surface area contributed by atoms with Gasteiger partial charge in [0.15, 0.2) is 0 Å². The van der Waals surface area contributed by atoms with Crippen molar-refractivity contribution in [2.24, 2.45) is 11.3 Å². The summed E-state index contributed by atoms with van der Waals surface area (Å²) in [7, 11) is 0. The van der Waals surface area contributed by atoms with Gasteiger partial charge in [0.1, 0.15) is 11.9 Å². The van der Waals surface area contributed by atoms with Crippen molar-refractivity contribution in [1.29, 1.82) is 0 Å². The van der Waals surface area contributed by atoms with Crippen LogP contribution in [0.1, 0.15) is 37.5 Å². The molecule has 4 atom stereocenters. The second-order valence-electron chi connectivity index (χ2n) is 6.25. The van der Waals surface area contributed by atoms with Gasteiger partial charge in [-0.25, -0.2) is 0 Å². The quantitative estimate of drug-likeness (QED) is 0.870. The first-order valence-electron chi connectivity index (χ1n) is 7.38. The molecule has 4 nitrogen and oxygen atoms in total. The predicted molar refractivity (Wildman–Crippen MR) is 69.6 cm³/mol. The average Bonchev–Trinajstić information content (AvgIpc) is 2.97. The standard InChI is InChI=1S/C15H21NO3/c17-11(12-3-1-7-18-12)9-16-13-10-4-8-19-14(10)15(13)5-2-6-15/h1,3,7,10-11,13-14,16-17H,2,4-6,8-9H2/t10-,11-,13+,14-/m1/s1. The first-order chi connectivity index (χ1) is 9.31. The molecule has 4 heteroatoms. The highest BCUT2D eigenvalue weighted by Crippen LogP contribution is 2.62. The summed E-state index contributed by atoms with van der Waals surface area (Å²) >= 11 is 0. The highest BCUT2D eigenvalue weighted by molar-refractivity contribution is 5.18. The maximum absolute atomic E-state index is 10.1. The lowest BCUT2D eigenvalue weighted by molar-refractivity contribution is -0.177. The fourth-order valence-corrected chi connectivity index (χ4v) is 4.38. The molecule has 2 heterocycles. The number of furan rings is 1. The highest BCUT2D eigenvalue weighted by atomic mass is 16.5. The molecule has 1 aliphatic heterocycles. The Bertz CT molecular complexity index is 440. The van der Waals surface area contributed by atoms with E-state index in [-0.39, 0.29) is 0 Å². The molecule has 0 aromatic carbocycles. The smallest absolute Gasteiger partial charge is 0.133 e. The van der Waals surface area contributed by atoms with Gasteiger partial charge in [-0.05, 0) is 31.4 Å². The molecule has 19 heavy (non-hydrogen) atoms. The number of rotatable bonds is 4. The molecule has 0 unspecified atom stereocenters. The van der Waals surface area contributed by atoms with Gasteiger partial charge in [0.05, 0.1) is 12.4 Å². The van der Waals surface area contributed by atoms with Crippen LogP contribution < -0.4 is 5.32 Å². The molecule has 3 fully saturated rings. The van der Waals surface area contributed by atoms with E-state index >= 15 is 0 Å². The summed E-state index contributed by atoms with van der Waals surface area (Å²) in [6.45, 7) is 1.49. The van der Waals surface area contributed by atoms with Crippen LogP contribution in [0.4, 0.5) is 0 Å². The summed E-state index contributed by atoms with van der Waals surface area (Å²) in [5, 5.41) is 13.7. The molecule has 0 amide bonds. The molecule has 3 aliphatic rings. The Morgan fingerprint density at radius 3 is 3.05 bits per heavy atom. The molecule has 0 radical (unpaired) electrons. The Balaban J connectivity index is 1.40. The SMILES string of the molecule is O[C@H](CN[C@H]1[C@H]2CCO[C@H]2C12CCC2)c1ccco1. The van der Waals surface area contributed by atoms with E-state index in [1.807, 2.05) is 12.1 Å². The monoisotopic (exact) mass is 263 g/mol. The molecule has 1 spiro atoms. The summed E-state index contributed by atoms with van der Waals surface area (Å²) in [6, 6.07) is 4.17. The van der Waals surface area contributed by atoms with E-state index in [4.69, 9.17) is 9.15 Å². The lowest BCUT2D eigenvalue weighted by Gasteiger charge is -2.63. The minimum atomic E-state index is -0.548. The van der Waals surface area contributed by atoms with E-state index in [2.05, 4.69) is 5.32 Å². The molecule has 0 bridgehead atoms. The Labute approximate surface area is 113 Å². The Kier molecular flexibility index (Phi) is 2.72. The summed E-state index contributed by atoms with van der Waals surface area (Å²) < 4.78 is 11.1. The minimum Gasteiger partial charge on any atom is -0.467 e. The van der Waals surface area contributed by atoms with E-state index < -0.39 is 6.10 Å². The molecule has 1 aromatic rings. The average molecular weight is 263 g/mol. The normalized spacial score (nSPS) is 36.6. The van der Waals surface area contributed by atoms with Crippen LogP contribution in [-0.2, 0) is 4.74 Å². The van der Waals surface area contributed by atoms with Crippen molar-refractivity contribution < 1.29 is 14.3 Å². The molecule has 2 N–H and O–H groups in total. The van der Waals surface area contributed by atoms with E-state index in [1.165, 1.54) is 25.7 Å². The first kappa shape index (κ1) is 11.9. The van der Waals surface area contributed by atoms with Gasteiger partial charge in [-0.3, -0.25) is 0 Å². The summed E-state index contributed by atoms with van der Waals surface area (Å²) in [5.41, 5.74) is 0.379. The third kappa shape index (κ3) is 1.63. The van der Waals surface area contributed by atoms with Crippen LogP contribution in [0.2, 0.25) is 0 Å². The van der Waals surface area contributed by atoms with Crippen molar-refractivity contribution >= 4 is 0 Å². The van der Waals surface area contributed by atoms with Gasteiger partial charge < -0.3 is 19.6 Å². The zero-order valence-corrected chi connectivity index (χ0v) is 11.0. The number of fused-ring (bicyclic) bond motifs is 2. The zero-order chi connectivity index (χ0) is 12.9. The van der Waals surface area contributed by atoms with Crippen LogP contribution in [0.3, 0.4) is 0 Å². The van der Waals surface area contributed by atoms with Gasteiger partial charge >= 0.3 is 0 Å². The molecule has 2 aliphatic carbocycles. The Hall–Kier alpha value is -0.840. The molecule has 4 rings (SSSR count). The van der Waals surface area contributed by atoms with Crippen molar-refractivity contribution in [2.45, 2.75) is 43.9 Å². The number of nitrogens with one attached hydrogen (secondary N) is 1. The lowest BCUT2D eigenvalue weighted by atomic mass is 9.46. The highest BCUT2D eigenvalue weighted by Gasteiger charge is 2.66. The number of aliphatic hydroxyl groups excluding tert-OH is 1. The summed E-state index contributed by atoms with van der Waals surface area (Å²) in [6.07, 6.45) is 6.60. The van der Waals surface area contributed by atoms with Crippen LogP contribution in [-0.4, -0.2) is 30.4 Å². The zero-order valence-electron chi connectivity index (χ0n) is 11.0. The van der Waals surface area contributed by atoms with Crippen LogP contribution >= 0.6 is 0 Å². The molecular weight excluding hydrogens is 242 g/mol. The maximum Gasteiger partial charge on any atom is 0.133 e. The topological polar surface area (TPSA) is 54.6 Å². The summed E-state index contributed by atoms with van der Waals surface area (Å²) in [5.74, 6) is 1.30. The van der Waals surface area contributed by atoms with E-state index in [0.717, 1.165) is 6.61 Å². The molecule has 104 valence electrons. The number of ether oxygens (including phenoxy) is 1. The fraction of sp³-hybridized carbons (Fsp3) is 0.733. The molecule has 1 saturated heterocycles. The third-order valence-electron chi connectivity index (χ3n) is 5.44. The largest absolute Gasteiger partial charge is 0.467 e. The third-order valence-corrected chi connectivity index (χ3v) is 5.44. The van der Waals surface area contributed by atoms with E-state index in [9.17, 15) is 5.11 Å². The van der Waals surface area contributed by atoms with E-state index in [0.29, 0.717) is 35.8 Å². The van der Waals surface area contributed by atoms with Crippen molar-refractivity contribution in [3.8, 4) is 0 Å². The van der Waals surface area contributed by atoms with Gasteiger partial charge in [-0.15, -0.1) is 0 Å². The van der Waals surface area contributed by atoms with Crippen molar-refractivity contribution in [3.05, 3.63) is 24.2 Å². The minimum absolute atomic E-state index is 0.379. The van der Waals surface area contributed by atoms with Crippen LogP contribution in [0.25, 0.3) is 0 Å². The maximum atomic E-state index is 10.1. The summed E-state index contributed by atoms with van der Waals surface area (Å²) in [4.78, 5) is 0. The Morgan fingerprint density at radius 2 is 2.37 bits per heavy atom. The van der Waals surface area contributed by atoms with Crippen molar-refractivity contribution in [3.63, 3.8) is 0 Å². The van der Waals surface area contributed by atoms with Gasteiger partial charge in [-0.1, -0.05) is 6.42 Å². The predicted octanol–water partition coefficient (Wildman–Crippen LogP) is 1.86. The number of hydrogen-bond acceptors (Lipinski definition) is 4. The van der Waals surface area contributed by atoms with Crippen molar-refractivity contribution in [1.82, 2.24) is 5.32 Å². The lowest BCUT2D eigenvalue weighted by Crippen LogP contribution is -2.71.